The summed E-state index contributed by atoms with van der Waals surface area (Å²) >= 11 is 5.65. The van der Waals surface area contributed by atoms with E-state index in [-0.39, 0.29) is 16.8 Å². The Hall–Kier alpha value is -1.59. The van der Waals surface area contributed by atoms with Crippen molar-refractivity contribution in [1.82, 2.24) is 0 Å². The number of aliphatic carboxylic acids is 1. The van der Waals surface area contributed by atoms with Crippen molar-refractivity contribution < 1.29 is 19.8 Å². The van der Waals surface area contributed by atoms with Gasteiger partial charge in [-0.15, -0.1) is 11.6 Å². The van der Waals surface area contributed by atoms with Crippen LogP contribution in [0.25, 0.3) is 0 Å². The Morgan fingerprint density at radius 2 is 2.00 bits per heavy atom. The number of ketones is 1. The van der Waals surface area contributed by atoms with Crippen molar-refractivity contribution in [2.24, 2.45) is 0 Å². The normalized spacial score (nSPS) is 14.1. The van der Waals surface area contributed by atoms with E-state index < -0.39 is 23.2 Å². The molecule has 4 N–H and O–H groups in total. The monoisotopic (exact) mass is 257 g/mol. The summed E-state index contributed by atoms with van der Waals surface area (Å²) in [6.45, 7) is 1.47. The highest BCUT2D eigenvalue weighted by Gasteiger charge is 2.24. The molecule has 0 fully saturated rings. The van der Waals surface area contributed by atoms with Gasteiger partial charge in [0, 0.05) is 16.8 Å². The molecule has 5 nitrogen and oxygen atoms in total. The average Bonchev–Trinajstić information content (AvgIpc) is 2.26. The van der Waals surface area contributed by atoms with Crippen molar-refractivity contribution in [1.29, 1.82) is 0 Å². The van der Waals surface area contributed by atoms with Gasteiger partial charge in [0.1, 0.15) is 0 Å². The van der Waals surface area contributed by atoms with Crippen molar-refractivity contribution in [3.8, 4) is 0 Å². The van der Waals surface area contributed by atoms with Gasteiger partial charge in [-0.3, -0.25) is 4.79 Å². The molecule has 0 heterocycles. The second-order valence-electron chi connectivity index (χ2n) is 3.57. The fourth-order valence-corrected chi connectivity index (χ4v) is 1.50. The standard InChI is InChI=1S/C11H12ClNO4/c1-5(12)9(14)7-3-2-6(13)4-8(7)10(15)11(16)17/h2-5,10,15H,13H2,1H3,(H,16,17). The van der Waals surface area contributed by atoms with Gasteiger partial charge in [0.25, 0.3) is 0 Å². The van der Waals surface area contributed by atoms with E-state index in [9.17, 15) is 14.7 Å². The maximum Gasteiger partial charge on any atom is 0.337 e. The first-order chi connectivity index (χ1) is 7.84. The van der Waals surface area contributed by atoms with Crippen LogP contribution < -0.4 is 5.73 Å². The first-order valence-electron chi connectivity index (χ1n) is 4.83. The number of carbonyl (C=O) groups excluding carboxylic acids is 1. The van der Waals surface area contributed by atoms with Crippen molar-refractivity contribution in [2.75, 3.05) is 5.73 Å². The summed E-state index contributed by atoms with van der Waals surface area (Å²) in [5.74, 6) is -1.91. The number of aliphatic hydroxyl groups is 1. The Morgan fingerprint density at radius 3 is 2.47 bits per heavy atom. The Balaban J connectivity index is 3.31. The number of alkyl halides is 1. The summed E-state index contributed by atoms with van der Waals surface area (Å²) < 4.78 is 0. The largest absolute Gasteiger partial charge is 0.479 e. The number of carboxylic acids is 1. The molecular weight excluding hydrogens is 246 g/mol. The molecule has 0 aliphatic heterocycles. The molecule has 1 aromatic rings. The third-order valence-corrected chi connectivity index (χ3v) is 2.43. The molecule has 17 heavy (non-hydrogen) atoms. The number of nitrogens with two attached hydrogens (primary N) is 1. The van der Waals surface area contributed by atoms with Crippen LogP contribution in [-0.4, -0.2) is 27.3 Å². The Morgan fingerprint density at radius 1 is 1.41 bits per heavy atom. The molecule has 0 saturated carbocycles. The first kappa shape index (κ1) is 13.5. The number of halogens is 1. The van der Waals surface area contributed by atoms with Gasteiger partial charge in [0.15, 0.2) is 11.9 Å². The van der Waals surface area contributed by atoms with E-state index in [1.165, 1.54) is 25.1 Å². The molecule has 0 aromatic heterocycles. The van der Waals surface area contributed by atoms with Crippen LogP contribution in [0.1, 0.15) is 28.9 Å². The molecule has 92 valence electrons. The van der Waals surface area contributed by atoms with Crippen molar-refractivity contribution >= 4 is 29.0 Å². The quantitative estimate of drug-likeness (QED) is 0.427. The van der Waals surface area contributed by atoms with Crippen LogP contribution in [-0.2, 0) is 4.79 Å². The number of nitrogen functional groups attached to an aromatic ring is 1. The smallest absolute Gasteiger partial charge is 0.337 e. The van der Waals surface area contributed by atoms with E-state index in [0.29, 0.717) is 0 Å². The molecule has 0 spiro atoms. The third kappa shape index (κ3) is 2.95. The molecule has 1 rings (SSSR count). The lowest BCUT2D eigenvalue weighted by molar-refractivity contribution is -0.146. The van der Waals surface area contributed by atoms with Crippen LogP contribution >= 0.6 is 11.6 Å². The van der Waals surface area contributed by atoms with Gasteiger partial charge in [-0.05, 0) is 25.1 Å². The molecule has 0 saturated heterocycles. The van der Waals surface area contributed by atoms with E-state index in [1.807, 2.05) is 0 Å². The van der Waals surface area contributed by atoms with E-state index >= 15 is 0 Å². The zero-order chi connectivity index (χ0) is 13.2. The maximum atomic E-state index is 11.7. The maximum absolute atomic E-state index is 11.7. The highest BCUT2D eigenvalue weighted by molar-refractivity contribution is 6.33. The Labute approximate surface area is 103 Å². The number of benzene rings is 1. The Kier molecular flexibility index (Phi) is 4.09. The minimum atomic E-state index is -1.80. The first-order valence-corrected chi connectivity index (χ1v) is 5.26. The van der Waals surface area contributed by atoms with Crippen molar-refractivity contribution in [3.63, 3.8) is 0 Å². The summed E-state index contributed by atoms with van der Waals surface area (Å²) in [7, 11) is 0. The van der Waals surface area contributed by atoms with Crippen LogP contribution in [0.4, 0.5) is 5.69 Å². The van der Waals surface area contributed by atoms with E-state index in [4.69, 9.17) is 22.4 Å². The molecule has 1 aromatic carbocycles. The molecule has 0 aliphatic carbocycles. The van der Waals surface area contributed by atoms with Crippen LogP contribution in [0.15, 0.2) is 18.2 Å². The number of Topliss-reactive ketones (excluding diaryl/α,β-unsaturated/α-hetero) is 1. The Bertz CT molecular complexity index is 459. The molecule has 2 unspecified atom stereocenters. The molecule has 0 radical (unpaired) electrons. The van der Waals surface area contributed by atoms with Crippen LogP contribution in [0, 0.1) is 0 Å². The summed E-state index contributed by atoms with van der Waals surface area (Å²) in [5, 5.41) is 17.4. The summed E-state index contributed by atoms with van der Waals surface area (Å²) in [4.78, 5) is 22.4. The second kappa shape index (κ2) is 5.16. The highest BCUT2D eigenvalue weighted by Crippen LogP contribution is 2.23. The van der Waals surface area contributed by atoms with Gasteiger partial charge in [0.2, 0.25) is 0 Å². The number of carboxylic acid groups (broad SMARTS) is 1. The summed E-state index contributed by atoms with van der Waals surface area (Å²) in [6.07, 6.45) is -1.80. The predicted octanol–water partition coefficient (Wildman–Crippen LogP) is 1.20. The van der Waals surface area contributed by atoms with Crippen LogP contribution in [0.5, 0.6) is 0 Å². The zero-order valence-corrected chi connectivity index (χ0v) is 9.81. The fraction of sp³-hybridized carbons (Fsp3) is 0.273. The molecule has 0 aliphatic rings. The molecule has 0 amide bonds. The highest BCUT2D eigenvalue weighted by atomic mass is 35.5. The number of carbonyl (C=O) groups is 2. The number of hydrogen-bond donors (Lipinski definition) is 3. The lowest BCUT2D eigenvalue weighted by atomic mass is 9.97. The van der Waals surface area contributed by atoms with Crippen molar-refractivity contribution in [2.45, 2.75) is 18.4 Å². The van der Waals surface area contributed by atoms with Gasteiger partial charge < -0.3 is 15.9 Å². The van der Waals surface area contributed by atoms with Gasteiger partial charge >= 0.3 is 5.97 Å². The molecule has 2 atom stereocenters. The fourth-order valence-electron chi connectivity index (χ4n) is 1.38. The number of aliphatic hydroxyl groups excluding tert-OH is 1. The third-order valence-electron chi connectivity index (χ3n) is 2.23. The SMILES string of the molecule is CC(Cl)C(=O)c1ccc(N)cc1C(O)C(=O)O. The number of hydrogen-bond acceptors (Lipinski definition) is 4. The van der Waals surface area contributed by atoms with E-state index in [0.717, 1.165) is 0 Å². The minimum Gasteiger partial charge on any atom is -0.479 e. The summed E-state index contributed by atoms with van der Waals surface area (Å²) in [5.41, 5.74) is 5.78. The minimum absolute atomic E-state index is 0.0463. The van der Waals surface area contributed by atoms with E-state index in [2.05, 4.69) is 0 Å². The second-order valence-corrected chi connectivity index (χ2v) is 4.22. The van der Waals surface area contributed by atoms with Gasteiger partial charge in [0.05, 0.1) is 5.38 Å². The van der Waals surface area contributed by atoms with Gasteiger partial charge in [-0.2, -0.15) is 0 Å². The van der Waals surface area contributed by atoms with Crippen molar-refractivity contribution in [3.05, 3.63) is 29.3 Å². The molecule has 0 bridgehead atoms. The average molecular weight is 258 g/mol. The molecular formula is C11H12ClNO4. The van der Waals surface area contributed by atoms with Gasteiger partial charge in [-0.25, -0.2) is 4.79 Å². The van der Waals surface area contributed by atoms with Gasteiger partial charge in [-0.1, -0.05) is 0 Å². The number of rotatable bonds is 4. The lowest BCUT2D eigenvalue weighted by Crippen LogP contribution is -2.19. The summed E-state index contributed by atoms with van der Waals surface area (Å²) in [6, 6.07) is 4.06. The van der Waals surface area contributed by atoms with E-state index in [1.54, 1.807) is 0 Å². The topological polar surface area (TPSA) is 101 Å². The molecule has 6 heteroatoms. The number of anilines is 1. The lowest BCUT2D eigenvalue weighted by Gasteiger charge is -2.13. The van der Waals surface area contributed by atoms with Crippen LogP contribution in [0.3, 0.4) is 0 Å². The van der Waals surface area contributed by atoms with Crippen LogP contribution in [0.2, 0.25) is 0 Å². The zero-order valence-electron chi connectivity index (χ0n) is 9.05. The predicted molar refractivity (Wildman–Crippen MR) is 63.1 cm³/mol.